The molecule has 0 radical (unpaired) electrons. The van der Waals surface area contributed by atoms with Gasteiger partial charge in [0.1, 0.15) is 11.9 Å². The Morgan fingerprint density at radius 2 is 1.78 bits per heavy atom. The van der Waals surface area contributed by atoms with Gasteiger partial charge >= 0.3 is 5.97 Å². The van der Waals surface area contributed by atoms with Crippen molar-refractivity contribution >= 4 is 16.1 Å². The van der Waals surface area contributed by atoms with E-state index < -0.39 is 16.2 Å². The van der Waals surface area contributed by atoms with Gasteiger partial charge in [-0.15, -0.1) is 0 Å². The molecule has 3 aliphatic rings. The van der Waals surface area contributed by atoms with Crippen LogP contribution >= 0.6 is 0 Å². The van der Waals surface area contributed by atoms with Gasteiger partial charge in [0.2, 0.25) is 0 Å². The number of carbonyl (C=O) groups excluding carboxylic acids is 1. The number of hydrogen-bond acceptors (Lipinski definition) is 6. The summed E-state index contributed by atoms with van der Waals surface area (Å²) in [5.74, 6) is 1.39. The highest BCUT2D eigenvalue weighted by molar-refractivity contribution is 7.86. The normalized spacial score (nSPS) is 31.5. The van der Waals surface area contributed by atoms with Crippen LogP contribution in [0.2, 0.25) is 0 Å². The van der Waals surface area contributed by atoms with E-state index in [4.69, 9.17) is 13.7 Å². The van der Waals surface area contributed by atoms with E-state index in [-0.39, 0.29) is 28.3 Å². The first kappa shape index (κ1) is 25.3. The van der Waals surface area contributed by atoms with E-state index in [2.05, 4.69) is 19.1 Å². The van der Waals surface area contributed by atoms with Gasteiger partial charge in [-0.1, -0.05) is 30.7 Å². The summed E-state index contributed by atoms with van der Waals surface area (Å²) >= 11 is 0. The molecular weight excluding hydrogens is 476 g/mol. The summed E-state index contributed by atoms with van der Waals surface area (Å²) < 4.78 is 43.2. The summed E-state index contributed by atoms with van der Waals surface area (Å²) in [6.45, 7) is 5.71. The Bertz CT molecular complexity index is 1240. The fourth-order valence-corrected chi connectivity index (χ4v) is 8.36. The molecule has 6 nitrogen and oxygen atoms in total. The standard InChI is InChI=1S/C29H36O6S/c1-18-5-9-23(10-6-18)36(31,32)35-22-13-14-29(3)26-12-7-20-15-21(33-4)8-11-24(20)25(26)17-28(27(29)16-22)34-19(2)30/h5-6,8-11,15,22,25-28H,7,12-14,16-17H2,1-4H3/t22-,25+,26+,27+,28-,29-/m1/s1. The molecule has 0 aliphatic heterocycles. The lowest BCUT2D eigenvalue weighted by atomic mass is 9.48. The predicted molar refractivity (Wildman–Crippen MR) is 136 cm³/mol. The number of ether oxygens (including phenoxy) is 2. The zero-order valence-corrected chi connectivity index (χ0v) is 22.3. The third kappa shape index (κ3) is 4.56. The molecule has 36 heavy (non-hydrogen) atoms. The Hall–Kier alpha value is -2.38. The smallest absolute Gasteiger partial charge is 0.302 e. The van der Waals surface area contributed by atoms with E-state index in [1.54, 1.807) is 31.4 Å². The molecule has 5 rings (SSSR count). The summed E-state index contributed by atoms with van der Waals surface area (Å²) in [6, 6.07) is 13.1. The van der Waals surface area contributed by atoms with Crippen molar-refractivity contribution < 1.29 is 26.9 Å². The second kappa shape index (κ2) is 9.49. The average Bonchev–Trinajstić information content (AvgIpc) is 2.84. The van der Waals surface area contributed by atoms with E-state index in [1.807, 2.05) is 13.0 Å². The summed E-state index contributed by atoms with van der Waals surface area (Å²) in [5.41, 5.74) is 3.59. The Kier molecular flexibility index (Phi) is 6.66. The third-order valence-electron chi connectivity index (χ3n) is 9.00. The highest BCUT2D eigenvalue weighted by atomic mass is 32.2. The van der Waals surface area contributed by atoms with E-state index in [0.717, 1.165) is 37.0 Å². The molecule has 0 aromatic heterocycles. The van der Waals surface area contributed by atoms with Gasteiger partial charge in [-0.3, -0.25) is 8.98 Å². The minimum absolute atomic E-state index is 0.0504. The van der Waals surface area contributed by atoms with E-state index in [0.29, 0.717) is 24.7 Å². The second-order valence-electron chi connectivity index (χ2n) is 11.1. The maximum absolute atomic E-state index is 13.0. The van der Waals surface area contributed by atoms with E-state index in [9.17, 15) is 13.2 Å². The van der Waals surface area contributed by atoms with Crippen LogP contribution in [0.15, 0.2) is 47.4 Å². The summed E-state index contributed by atoms with van der Waals surface area (Å²) in [4.78, 5) is 12.3. The van der Waals surface area contributed by atoms with Crippen LogP contribution in [0.3, 0.4) is 0 Å². The van der Waals surface area contributed by atoms with Gasteiger partial charge in [0, 0.05) is 12.8 Å². The maximum atomic E-state index is 13.0. The van der Waals surface area contributed by atoms with E-state index in [1.165, 1.54) is 18.1 Å². The molecule has 3 aliphatic carbocycles. The van der Waals surface area contributed by atoms with Crippen molar-refractivity contribution in [3.8, 4) is 5.75 Å². The minimum Gasteiger partial charge on any atom is -0.497 e. The van der Waals surface area contributed by atoms with Gasteiger partial charge in [0.15, 0.2) is 0 Å². The molecule has 2 aromatic carbocycles. The highest BCUT2D eigenvalue weighted by Crippen LogP contribution is 2.61. The zero-order chi connectivity index (χ0) is 25.7. The first-order valence-corrected chi connectivity index (χ1v) is 14.4. The number of methoxy groups -OCH3 is 1. The quantitative estimate of drug-likeness (QED) is 0.385. The maximum Gasteiger partial charge on any atom is 0.302 e. The zero-order valence-electron chi connectivity index (χ0n) is 21.5. The Balaban J connectivity index is 1.42. The molecular formula is C29H36O6S. The molecule has 2 fully saturated rings. The monoisotopic (exact) mass is 512 g/mol. The van der Waals surface area contributed by atoms with Crippen molar-refractivity contribution in [3.05, 3.63) is 59.2 Å². The van der Waals surface area contributed by atoms with Crippen molar-refractivity contribution in [2.24, 2.45) is 17.3 Å². The number of esters is 1. The lowest BCUT2D eigenvalue weighted by molar-refractivity contribution is -0.169. The molecule has 6 atom stereocenters. The first-order chi connectivity index (χ1) is 17.1. The molecule has 0 spiro atoms. The molecule has 0 heterocycles. The predicted octanol–water partition coefficient (Wildman–Crippen LogP) is 5.57. The number of fused-ring (bicyclic) bond motifs is 5. The molecule has 0 saturated heterocycles. The lowest BCUT2D eigenvalue weighted by Crippen LogP contribution is -2.55. The second-order valence-corrected chi connectivity index (χ2v) is 12.6. The molecule has 7 heteroatoms. The first-order valence-electron chi connectivity index (χ1n) is 12.9. The number of rotatable bonds is 5. The minimum atomic E-state index is -3.86. The van der Waals surface area contributed by atoms with Crippen LogP contribution in [0.1, 0.15) is 68.6 Å². The van der Waals surface area contributed by atoms with Crippen molar-refractivity contribution in [3.63, 3.8) is 0 Å². The highest BCUT2D eigenvalue weighted by Gasteiger charge is 2.57. The van der Waals surface area contributed by atoms with Gasteiger partial charge in [0.05, 0.1) is 18.1 Å². The van der Waals surface area contributed by atoms with Crippen molar-refractivity contribution in [1.29, 1.82) is 0 Å². The summed E-state index contributed by atoms with van der Waals surface area (Å²) in [5, 5.41) is 0. The van der Waals surface area contributed by atoms with Gasteiger partial charge in [-0.05, 0) is 98.1 Å². The van der Waals surface area contributed by atoms with Crippen LogP contribution in [0.4, 0.5) is 0 Å². The SMILES string of the molecule is COc1ccc2c(c1)CC[C@H]1[C@H]2C[C@@H](OC(C)=O)[C@@H]2C[C@H](OS(=O)(=O)c3ccc(C)cc3)CC[C@@]21C. The Morgan fingerprint density at radius 3 is 2.47 bits per heavy atom. The van der Waals surface area contributed by atoms with Crippen molar-refractivity contribution in [1.82, 2.24) is 0 Å². The number of hydrogen-bond donors (Lipinski definition) is 0. The van der Waals surface area contributed by atoms with Crippen LogP contribution in [0, 0.1) is 24.2 Å². The Labute approximate surface area is 214 Å². The van der Waals surface area contributed by atoms with Crippen LogP contribution in [-0.4, -0.2) is 33.7 Å². The third-order valence-corrected chi connectivity index (χ3v) is 10.4. The van der Waals surface area contributed by atoms with Gasteiger partial charge in [-0.2, -0.15) is 8.42 Å². The van der Waals surface area contributed by atoms with Crippen LogP contribution in [0.25, 0.3) is 0 Å². The molecule has 194 valence electrons. The van der Waals surface area contributed by atoms with E-state index >= 15 is 0 Å². The lowest BCUT2D eigenvalue weighted by Gasteiger charge is -2.58. The van der Waals surface area contributed by atoms with Crippen LogP contribution < -0.4 is 4.74 Å². The van der Waals surface area contributed by atoms with Gasteiger partial charge < -0.3 is 9.47 Å². The molecule has 2 saturated carbocycles. The number of carbonyl (C=O) groups is 1. The molecule has 0 bridgehead atoms. The molecule has 0 unspecified atom stereocenters. The molecule has 2 aromatic rings. The van der Waals surface area contributed by atoms with Crippen molar-refractivity contribution in [2.75, 3.05) is 7.11 Å². The fourth-order valence-electron chi connectivity index (χ4n) is 7.25. The largest absolute Gasteiger partial charge is 0.497 e. The van der Waals surface area contributed by atoms with Gasteiger partial charge in [-0.25, -0.2) is 0 Å². The van der Waals surface area contributed by atoms with Crippen molar-refractivity contribution in [2.45, 2.75) is 82.3 Å². The topological polar surface area (TPSA) is 78.9 Å². The molecule has 0 amide bonds. The number of aryl methyl sites for hydroxylation is 2. The fraction of sp³-hybridized carbons (Fsp3) is 0.552. The summed E-state index contributed by atoms with van der Waals surface area (Å²) in [7, 11) is -2.17. The van der Waals surface area contributed by atoms with Crippen LogP contribution in [-0.2, 0) is 30.3 Å². The van der Waals surface area contributed by atoms with Crippen LogP contribution in [0.5, 0.6) is 5.75 Å². The molecule has 0 N–H and O–H groups in total. The van der Waals surface area contributed by atoms with Gasteiger partial charge in [0.25, 0.3) is 10.1 Å². The Morgan fingerprint density at radius 1 is 1.03 bits per heavy atom. The number of benzene rings is 2. The average molecular weight is 513 g/mol. The summed E-state index contributed by atoms with van der Waals surface area (Å²) in [6.07, 6.45) is 4.20.